The van der Waals surface area contributed by atoms with E-state index in [1.54, 1.807) is 0 Å². The summed E-state index contributed by atoms with van der Waals surface area (Å²) in [4.78, 5) is 0. The molecule has 4 heteroatoms. The smallest absolute Gasteiger partial charge is 0.253 e. The Bertz CT molecular complexity index is 60.0. The van der Waals surface area contributed by atoms with Crippen LogP contribution in [-0.2, 0) is 0 Å². The summed E-state index contributed by atoms with van der Waals surface area (Å²) in [5, 5.41) is 0. The highest BCUT2D eigenvalue weighted by atomic mass is 35.7. The summed E-state index contributed by atoms with van der Waals surface area (Å²) < 4.78 is 0. The van der Waals surface area contributed by atoms with Crippen LogP contribution in [0.5, 0.6) is 0 Å². The van der Waals surface area contributed by atoms with Crippen LogP contribution in [0.1, 0.15) is 19.8 Å². The third kappa shape index (κ3) is 3.72. The number of rotatable bonds is 3. The van der Waals surface area contributed by atoms with E-state index < -0.39 is 7.42 Å². The van der Waals surface area contributed by atoms with Crippen molar-refractivity contribution in [1.29, 1.82) is 0 Å². The average molecular weight is 172 g/mol. The fraction of sp³-hybridized carbons (Fsp3) is 1.00. The summed E-state index contributed by atoms with van der Waals surface area (Å²) in [5.41, 5.74) is 5.61. The van der Waals surface area contributed by atoms with E-state index in [2.05, 4.69) is 6.92 Å². The standard InChI is InChI=1S/C4H11Cl2NSi/c1-2-3-4(7)8(5)6/h4,8H,2-3,7H2,1H3. The molecule has 0 aliphatic rings. The molecule has 0 saturated carbocycles. The summed E-state index contributed by atoms with van der Waals surface area (Å²) in [6.45, 7) is 2.07. The van der Waals surface area contributed by atoms with Crippen molar-refractivity contribution in [2.75, 3.05) is 0 Å². The fourth-order valence-corrected chi connectivity index (χ4v) is 1.80. The third-order valence-corrected chi connectivity index (χ3v) is 3.87. The first kappa shape index (κ1) is 8.76. The van der Waals surface area contributed by atoms with Crippen molar-refractivity contribution in [2.45, 2.75) is 25.4 Å². The zero-order chi connectivity index (χ0) is 6.57. The van der Waals surface area contributed by atoms with Gasteiger partial charge in [0.2, 0.25) is 0 Å². The van der Waals surface area contributed by atoms with E-state index in [9.17, 15) is 0 Å². The molecule has 1 atom stereocenters. The van der Waals surface area contributed by atoms with Crippen LogP contribution >= 0.6 is 22.2 Å². The molecule has 2 N–H and O–H groups in total. The van der Waals surface area contributed by atoms with Crippen LogP contribution in [0.15, 0.2) is 0 Å². The lowest BCUT2D eigenvalue weighted by Crippen LogP contribution is -2.30. The summed E-state index contributed by atoms with van der Waals surface area (Å²) in [6, 6.07) is 0. The molecule has 1 unspecified atom stereocenters. The summed E-state index contributed by atoms with van der Waals surface area (Å²) >= 11 is 11.2. The summed E-state index contributed by atoms with van der Waals surface area (Å²) in [5.74, 6) is 0. The second-order valence-corrected chi connectivity index (χ2v) is 6.80. The first-order valence-corrected chi connectivity index (χ1v) is 6.88. The number of hydrogen-bond donors (Lipinski definition) is 1. The molecule has 50 valence electrons. The molecule has 0 aromatic rings. The Morgan fingerprint density at radius 2 is 2.12 bits per heavy atom. The van der Waals surface area contributed by atoms with Gasteiger partial charge in [-0.2, -0.15) is 0 Å². The Labute approximate surface area is 61.2 Å². The first-order valence-electron chi connectivity index (χ1n) is 2.72. The topological polar surface area (TPSA) is 26.0 Å². The fourth-order valence-electron chi connectivity index (χ4n) is 0.459. The molecule has 0 heterocycles. The first-order chi connectivity index (χ1) is 3.68. The van der Waals surface area contributed by atoms with Gasteiger partial charge in [-0.25, -0.2) is 0 Å². The van der Waals surface area contributed by atoms with Crippen molar-refractivity contribution in [1.82, 2.24) is 0 Å². The van der Waals surface area contributed by atoms with Crippen LogP contribution in [0, 0.1) is 0 Å². The van der Waals surface area contributed by atoms with Gasteiger partial charge in [0.15, 0.2) is 0 Å². The Balaban J connectivity index is 3.17. The molecule has 0 rings (SSSR count). The van der Waals surface area contributed by atoms with Gasteiger partial charge < -0.3 is 5.73 Å². The lowest BCUT2D eigenvalue weighted by molar-refractivity contribution is 0.751. The Kier molecular flexibility index (Phi) is 5.06. The van der Waals surface area contributed by atoms with Gasteiger partial charge in [0.1, 0.15) is 0 Å². The van der Waals surface area contributed by atoms with Crippen LogP contribution in [0.3, 0.4) is 0 Å². The second-order valence-electron chi connectivity index (χ2n) is 1.79. The van der Waals surface area contributed by atoms with E-state index in [0.29, 0.717) is 0 Å². The Morgan fingerprint density at radius 3 is 2.25 bits per heavy atom. The van der Waals surface area contributed by atoms with Gasteiger partial charge in [-0.3, -0.25) is 0 Å². The zero-order valence-electron chi connectivity index (χ0n) is 4.90. The SMILES string of the molecule is CCCC(N)[SiH](Cl)Cl. The Hall–Kier alpha value is 0.757. The lowest BCUT2D eigenvalue weighted by atomic mass is 10.3. The lowest BCUT2D eigenvalue weighted by Gasteiger charge is -2.07. The summed E-state index contributed by atoms with van der Waals surface area (Å²) in [6.07, 6.45) is 2.04. The average Bonchev–Trinajstić information content (AvgIpc) is 1.67. The van der Waals surface area contributed by atoms with Gasteiger partial charge in [-0.05, 0) is 6.42 Å². The molecule has 0 aromatic heterocycles. The van der Waals surface area contributed by atoms with Crippen LogP contribution in [0.2, 0.25) is 0 Å². The highest BCUT2D eigenvalue weighted by molar-refractivity contribution is 7.34. The van der Waals surface area contributed by atoms with Gasteiger partial charge in [0.05, 0.1) is 0 Å². The van der Waals surface area contributed by atoms with E-state index in [1.807, 2.05) is 0 Å². The number of hydrogen-bond acceptors (Lipinski definition) is 1. The minimum atomic E-state index is -1.56. The molecule has 0 aliphatic heterocycles. The maximum absolute atomic E-state index is 5.59. The van der Waals surface area contributed by atoms with Crippen LogP contribution in [-0.4, -0.2) is 13.1 Å². The van der Waals surface area contributed by atoms with Crippen molar-refractivity contribution in [2.24, 2.45) is 5.73 Å². The maximum atomic E-state index is 5.59. The normalized spacial score (nSPS) is 14.6. The second kappa shape index (κ2) is 4.62. The van der Waals surface area contributed by atoms with Crippen molar-refractivity contribution in [3.8, 4) is 0 Å². The molecule has 0 amide bonds. The molecule has 8 heavy (non-hydrogen) atoms. The van der Waals surface area contributed by atoms with Gasteiger partial charge in [-0.15, -0.1) is 22.2 Å². The van der Waals surface area contributed by atoms with Crippen LogP contribution < -0.4 is 5.73 Å². The number of halogens is 2. The summed E-state index contributed by atoms with van der Waals surface area (Å²) in [7, 11) is -1.56. The molecule has 0 aliphatic carbocycles. The molecule has 0 spiro atoms. The van der Waals surface area contributed by atoms with Crippen molar-refractivity contribution in [3.05, 3.63) is 0 Å². The minimum absolute atomic E-state index is 0.0864. The third-order valence-electron chi connectivity index (χ3n) is 0.946. The predicted molar refractivity (Wildman–Crippen MR) is 41.7 cm³/mol. The quantitative estimate of drug-likeness (QED) is 0.504. The van der Waals surface area contributed by atoms with E-state index >= 15 is 0 Å². The van der Waals surface area contributed by atoms with Gasteiger partial charge in [0.25, 0.3) is 7.42 Å². The Morgan fingerprint density at radius 1 is 1.62 bits per heavy atom. The monoisotopic (exact) mass is 171 g/mol. The molecule has 0 fully saturated rings. The van der Waals surface area contributed by atoms with E-state index in [-0.39, 0.29) is 5.67 Å². The molecule has 1 nitrogen and oxygen atoms in total. The molecule has 0 radical (unpaired) electrons. The predicted octanol–water partition coefficient (Wildman–Crippen LogP) is 1.35. The van der Waals surface area contributed by atoms with Crippen molar-refractivity contribution >= 4 is 29.6 Å². The molecular formula is C4H11Cl2NSi. The molecule has 0 bridgehead atoms. The number of nitrogens with two attached hydrogens (primary N) is 1. The highest BCUT2D eigenvalue weighted by Crippen LogP contribution is 2.04. The van der Waals surface area contributed by atoms with E-state index in [0.717, 1.165) is 12.8 Å². The van der Waals surface area contributed by atoms with Gasteiger partial charge in [-0.1, -0.05) is 13.3 Å². The van der Waals surface area contributed by atoms with E-state index in [1.165, 1.54) is 0 Å². The van der Waals surface area contributed by atoms with Crippen molar-refractivity contribution in [3.63, 3.8) is 0 Å². The minimum Gasteiger partial charge on any atom is -0.328 e. The van der Waals surface area contributed by atoms with Gasteiger partial charge >= 0.3 is 0 Å². The van der Waals surface area contributed by atoms with Gasteiger partial charge in [0, 0.05) is 5.67 Å². The molecule has 0 aromatic carbocycles. The van der Waals surface area contributed by atoms with Crippen LogP contribution in [0.25, 0.3) is 0 Å². The van der Waals surface area contributed by atoms with Crippen LogP contribution in [0.4, 0.5) is 0 Å². The zero-order valence-corrected chi connectivity index (χ0v) is 7.57. The van der Waals surface area contributed by atoms with Crippen molar-refractivity contribution < 1.29 is 0 Å². The van der Waals surface area contributed by atoms with E-state index in [4.69, 9.17) is 27.9 Å². The largest absolute Gasteiger partial charge is 0.328 e. The molecule has 0 saturated heterocycles. The molecular weight excluding hydrogens is 161 g/mol. The highest BCUT2D eigenvalue weighted by Gasteiger charge is 2.11. The maximum Gasteiger partial charge on any atom is 0.253 e.